The third-order valence-corrected chi connectivity index (χ3v) is 4.31. The molecule has 1 atom stereocenters. The molecule has 0 saturated heterocycles. The van der Waals surface area contributed by atoms with Gasteiger partial charge in [0.25, 0.3) is 0 Å². The Labute approximate surface area is 179 Å². The van der Waals surface area contributed by atoms with Gasteiger partial charge in [0.2, 0.25) is 23.6 Å². The second-order valence-electron chi connectivity index (χ2n) is 6.81. The zero-order valence-electron chi connectivity index (χ0n) is 17.0. The summed E-state index contributed by atoms with van der Waals surface area (Å²) in [4.78, 5) is 58.5. The molecule has 4 amide bonds. The molecule has 9 nitrogen and oxygen atoms in total. The molecule has 9 heteroatoms. The van der Waals surface area contributed by atoms with Crippen LogP contribution in [0.5, 0.6) is 0 Å². The second kappa shape index (κ2) is 11.2. The molecule has 0 bridgehead atoms. The van der Waals surface area contributed by atoms with Crippen molar-refractivity contribution in [3.05, 3.63) is 71.3 Å². The summed E-state index contributed by atoms with van der Waals surface area (Å²) in [6, 6.07) is 14.5. The number of carbonyl (C=O) groups excluding carboxylic acids is 5. The Morgan fingerprint density at radius 2 is 1.39 bits per heavy atom. The van der Waals surface area contributed by atoms with Gasteiger partial charge in [-0.3, -0.25) is 24.0 Å². The molecule has 162 valence electrons. The summed E-state index contributed by atoms with van der Waals surface area (Å²) in [5.74, 6) is -2.37. The van der Waals surface area contributed by atoms with E-state index in [4.69, 9.17) is 5.73 Å². The molecule has 0 fully saturated rings. The molecule has 0 unspecified atom stereocenters. The van der Waals surface area contributed by atoms with Crippen LogP contribution in [-0.4, -0.2) is 48.5 Å². The number of amides is 4. The van der Waals surface area contributed by atoms with Crippen LogP contribution in [0.15, 0.2) is 54.6 Å². The molecule has 0 saturated carbocycles. The first-order chi connectivity index (χ1) is 14.8. The molecule has 0 radical (unpaired) electrons. The standard InChI is InChI=1S/C22H24N4O5/c1-14(27)24-12-19(28)25-13-20(29)26-18(22(23)31)11-15-7-9-17(10-8-15)21(30)16-5-3-2-4-6-16/h2-10,18H,11-13H2,1H3,(H2,23,31)(H,24,27)(H,25,28)(H,26,29)/t18-/m0/s1. The van der Waals surface area contributed by atoms with Gasteiger partial charge in [-0.15, -0.1) is 0 Å². The van der Waals surface area contributed by atoms with Crippen LogP contribution in [0.3, 0.4) is 0 Å². The van der Waals surface area contributed by atoms with Crippen LogP contribution in [0.25, 0.3) is 0 Å². The molecule has 0 spiro atoms. The highest BCUT2D eigenvalue weighted by Crippen LogP contribution is 2.12. The quantitative estimate of drug-likeness (QED) is 0.386. The summed E-state index contributed by atoms with van der Waals surface area (Å²) in [6.45, 7) is 0.643. The summed E-state index contributed by atoms with van der Waals surface area (Å²) in [6.07, 6.45) is 0.126. The van der Waals surface area contributed by atoms with Crippen molar-refractivity contribution in [1.82, 2.24) is 16.0 Å². The van der Waals surface area contributed by atoms with Gasteiger partial charge in [0, 0.05) is 24.5 Å². The average molecular weight is 424 g/mol. The highest BCUT2D eigenvalue weighted by molar-refractivity contribution is 6.08. The lowest BCUT2D eigenvalue weighted by atomic mass is 9.99. The van der Waals surface area contributed by atoms with E-state index in [9.17, 15) is 24.0 Å². The number of nitrogens with two attached hydrogens (primary N) is 1. The van der Waals surface area contributed by atoms with Crippen LogP contribution in [-0.2, 0) is 25.6 Å². The lowest BCUT2D eigenvalue weighted by Crippen LogP contribution is -2.49. The Morgan fingerprint density at radius 3 is 1.97 bits per heavy atom. The van der Waals surface area contributed by atoms with Crippen molar-refractivity contribution in [2.45, 2.75) is 19.4 Å². The van der Waals surface area contributed by atoms with E-state index < -0.39 is 23.8 Å². The van der Waals surface area contributed by atoms with Gasteiger partial charge in [-0.1, -0.05) is 54.6 Å². The Morgan fingerprint density at radius 1 is 0.806 bits per heavy atom. The fraction of sp³-hybridized carbons (Fsp3) is 0.227. The maximum Gasteiger partial charge on any atom is 0.240 e. The van der Waals surface area contributed by atoms with Gasteiger partial charge in [0.1, 0.15) is 6.04 Å². The number of hydrogen-bond donors (Lipinski definition) is 4. The van der Waals surface area contributed by atoms with Crippen molar-refractivity contribution in [1.29, 1.82) is 0 Å². The minimum absolute atomic E-state index is 0.123. The largest absolute Gasteiger partial charge is 0.368 e. The Bertz CT molecular complexity index is 958. The lowest BCUT2D eigenvalue weighted by Gasteiger charge is -2.16. The Hall–Kier alpha value is -4.01. The molecule has 0 aliphatic rings. The number of benzene rings is 2. The molecule has 31 heavy (non-hydrogen) atoms. The minimum Gasteiger partial charge on any atom is -0.368 e. The van der Waals surface area contributed by atoms with Gasteiger partial charge in [0.15, 0.2) is 5.78 Å². The average Bonchev–Trinajstić information content (AvgIpc) is 2.76. The number of rotatable bonds is 10. The maximum atomic E-state index is 12.5. The topological polar surface area (TPSA) is 147 Å². The monoisotopic (exact) mass is 424 g/mol. The van der Waals surface area contributed by atoms with Crippen molar-refractivity contribution in [2.75, 3.05) is 13.1 Å². The summed E-state index contributed by atoms with van der Waals surface area (Å²) in [5, 5.41) is 7.09. The normalized spacial score (nSPS) is 11.1. The van der Waals surface area contributed by atoms with E-state index in [1.54, 1.807) is 48.5 Å². The van der Waals surface area contributed by atoms with E-state index in [1.165, 1.54) is 6.92 Å². The highest BCUT2D eigenvalue weighted by Gasteiger charge is 2.19. The van der Waals surface area contributed by atoms with Gasteiger partial charge in [-0.2, -0.15) is 0 Å². The van der Waals surface area contributed by atoms with E-state index in [-0.39, 0.29) is 31.2 Å². The molecule has 0 aromatic heterocycles. The van der Waals surface area contributed by atoms with Crippen LogP contribution < -0.4 is 21.7 Å². The van der Waals surface area contributed by atoms with Crippen LogP contribution >= 0.6 is 0 Å². The van der Waals surface area contributed by atoms with Crippen molar-refractivity contribution in [3.63, 3.8) is 0 Å². The van der Waals surface area contributed by atoms with Crippen molar-refractivity contribution >= 4 is 29.4 Å². The third-order valence-electron chi connectivity index (χ3n) is 4.31. The predicted molar refractivity (Wildman–Crippen MR) is 113 cm³/mol. The molecule has 0 aliphatic carbocycles. The molecule has 2 aromatic rings. The van der Waals surface area contributed by atoms with E-state index in [2.05, 4.69) is 16.0 Å². The van der Waals surface area contributed by atoms with Crippen LogP contribution in [0.1, 0.15) is 28.4 Å². The van der Waals surface area contributed by atoms with Gasteiger partial charge in [0.05, 0.1) is 13.1 Å². The molecular weight excluding hydrogens is 400 g/mol. The highest BCUT2D eigenvalue weighted by atomic mass is 16.2. The summed E-state index contributed by atoms with van der Waals surface area (Å²) in [7, 11) is 0. The number of primary amides is 1. The molecule has 2 rings (SSSR count). The molecular formula is C22H24N4O5. The molecule has 0 heterocycles. The number of nitrogens with one attached hydrogen (secondary N) is 3. The van der Waals surface area contributed by atoms with Gasteiger partial charge in [-0.05, 0) is 5.56 Å². The van der Waals surface area contributed by atoms with E-state index in [0.717, 1.165) is 0 Å². The predicted octanol–water partition coefficient (Wildman–Crippen LogP) is -0.317. The smallest absolute Gasteiger partial charge is 0.240 e. The first-order valence-corrected chi connectivity index (χ1v) is 9.54. The summed E-state index contributed by atoms with van der Waals surface area (Å²) in [5.41, 5.74) is 7.14. The first-order valence-electron chi connectivity index (χ1n) is 9.54. The molecule has 5 N–H and O–H groups in total. The summed E-state index contributed by atoms with van der Waals surface area (Å²) >= 11 is 0. The number of ketones is 1. The third kappa shape index (κ3) is 7.73. The zero-order valence-corrected chi connectivity index (χ0v) is 17.0. The van der Waals surface area contributed by atoms with Crippen LogP contribution in [0.2, 0.25) is 0 Å². The van der Waals surface area contributed by atoms with Crippen molar-refractivity contribution < 1.29 is 24.0 Å². The Kier molecular flexibility index (Phi) is 8.44. The van der Waals surface area contributed by atoms with Gasteiger partial charge < -0.3 is 21.7 Å². The number of hydrogen-bond acceptors (Lipinski definition) is 5. The van der Waals surface area contributed by atoms with E-state index in [0.29, 0.717) is 16.7 Å². The van der Waals surface area contributed by atoms with Crippen LogP contribution in [0, 0.1) is 0 Å². The van der Waals surface area contributed by atoms with Crippen molar-refractivity contribution in [3.8, 4) is 0 Å². The second-order valence-corrected chi connectivity index (χ2v) is 6.81. The fourth-order valence-electron chi connectivity index (χ4n) is 2.70. The lowest BCUT2D eigenvalue weighted by molar-refractivity contribution is -0.129. The molecule has 0 aliphatic heterocycles. The van der Waals surface area contributed by atoms with E-state index in [1.807, 2.05) is 6.07 Å². The van der Waals surface area contributed by atoms with Crippen molar-refractivity contribution in [2.24, 2.45) is 5.73 Å². The SMILES string of the molecule is CC(=O)NCC(=O)NCC(=O)N[C@@H](Cc1ccc(C(=O)c2ccccc2)cc1)C(N)=O. The van der Waals surface area contributed by atoms with Gasteiger partial charge in [-0.25, -0.2) is 0 Å². The Balaban J connectivity index is 1.91. The van der Waals surface area contributed by atoms with E-state index >= 15 is 0 Å². The first kappa shape index (κ1) is 23.3. The molecule has 2 aromatic carbocycles. The summed E-state index contributed by atoms with van der Waals surface area (Å²) < 4.78 is 0. The van der Waals surface area contributed by atoms with Gasteiger partial charge >= 0.3 is 0 Å². The number of carbonyl (C=O) groups is 5. The minimum atomic E-state index is -0.990. The fourth-order valence-corrected chi connectivity index (χ4v) is 2.70. The van der Waals surface area contributed by atoms with Crippen LogP contribution in [0.4, 0.5) is 0 Å². The maximum absolute atomic E-state index is 12.5. The zero-order chi connectivity index (χ0) is 22.8.